The highest BCUT2D eigenvalue weighted by molar-refractivity contribution is 5.14. The molecule has 15 heavy (non-hydrogen) atoms. The Morgan fingerprint density at radius 3 is 2.40 bits per heavy atom. The Morgan fingerprint density at radius 2 is 1.67 bits per heavy atom. The van der Waals surface area contributed by atoms with Crippen LogP contribution in [-0.4, -0.2) is 19.6 Å². The van der Waals surface area contributed by atoms with Gasteiger partial charge in [0, 0.05) is 6.54 Å². The molecule has 1 rings (SSSR count). The van der Waals surface area contributed by atoms with E-state index in [4.69, 9.17) is 0 Å². The number of nitrogens with one attached hydrogen (secondary N) is 2. The molecule has 0 bridgehead atoms. The van der Waals surface area contributed by atoms with E-state index < -0.39 is 0 Å². The standard InChI is InChI=1S/C13H21N2/c1-2-9-14-10-6-11-15-12-13-7-4-3-5-8-13/h3-5,7-8,14-15H,1-2,6,9-12H2. The Morgan fingerprint density at radius 1 is 0.933 bits per heavy atom. The molecule has 0 saturated carbocycles. The number of hydrogen-bond acceptors (Lipinski definition) is 2. The molecule has 2 nitrogen and oxygen atoms in total. The average Bonchev–Trinajstić information content (AvgIpc) is 2.29. The van der Waals surface area contributed by atoms with Crippen LogP contribution < -0.4 is 10.6 Å². The van der Waals surface area contributed by atoms with Gasteiger partial charge in [-0.15, -0.1) is 0 Å². The van der Waals surface area contributed by atoms with Crippen LogP contribution in [0.25, 0.3) is 0 Å². The van der Waals surface area contributed by atoms with Gasteiger partial charge in [-0.1, -0.05) is 37.3 Å². The summed E-state index contributed by atoms with van der Waals surface area (Å²) in [6.07, 6.45) is 2.14. The summed E-state index contributed by atoms with van der Waals surface area (Å²) in [5.74, 6) is 0. The van der Waals surface area contributed by atoms with E-state index in [1.807, 2.05) is 6.07 Å². The monoisotopic (exact) mass is 205 g/mol. The Hall–Kier alpha value is -0.860. The van der Waals surface area contributed by atoms with Gasteiger partial charge < -0.3 is 10.6 Å². The second kappa shape index (κ2) is 8.45. The van der Waals surface area contributed by atoms with Crippen molar-refractivity contribution in [2.24, 2.45) is 0 Å². The molecule has 0 aliphatic heterocycles. The molecule has 0 unspecified atom stereocenters. The van der Waals surface area contributed by atoms with Crippen LogP contribution in [0.5, 0.6) is 0 Å². The lowest BCUT2D eigenvalue weighted by molar-refractivity contribution is 0.598. The van der Waals surface area contributed by atoms with Gasteiger partial charge in [0.15, 0.2) is 0 Å². The van der Waals surface area contributed by atoms with Crippen molar-refractivity contribution in [2.75, 3.05) is 19.6 Å². The fourth-order valence-electron chi connectivity index (χ4n) is 1.42. The number of rotatable bonds is 8. The van der Waals surface area contributed by atoms with Gasteiger partial charge in [0.2, 0.25) is 0 Å². The zero-order valence-electron chi connectivity index (χ0n) is 9.34. The van der Waals surface area contributed by atoms with Crippen molar-refractivity contribution >= 4 is 0 Å². The lowest BCUT2D eigenvalue weighted by atomic mass is 10.2. The molecule has 1 aromatic carbocycles. The third-order valence-electron chi connectivity index (χ3n) is 2.23. The predicted molar refractivity (Wildman–Crippen MR) is 65.6 cm³/mol. The molecule has 0 saturated heterocycles. The molecule has 1 radical (unpaired) electrons. The average molecular weight is 205 g/mol. The summed E-state index contributed by atoms with van der Waals surface area (Å²) in [5, 5.41) is 6.75. The first-order valence-corrected chi connectivity index (χ1v) is 5.68. The molecule has 0 heterocycles. The van der Waals surface area contributed by atoms with Crippen LogP contribution in [0.3, 0.4) is 0 Å². The topological polar surface area (TPSA) is 24.1 Å². The van der Waals surface area contributed by atoms with E-state index in [9.17, 15) is 0 Å². The second-order valence-electron chi connectivity index (χ2n) is 3.62. The van der Waals surface area contributed by atoms with Crippen molar-refractivity contribution in [1.29, 1.82) is 0 Å². The highest BCUT2D eigenvalue weighted by Gasteiger charge is 1.90. The summed E-state index contributed by atoms with van der Waals surface area (Å²) in [6, 6.07) is 10.5. The van der Waals surface area contributed by atoms with Crippen molar-refractivity contribution < 1.29 is 0 Å². The molecule has 0 spiro atoms. The Bertz CT molecular complexity index is 234. The fraction of sp³-hybridized carbons (Fsp3) is 0.462. The van der Waals surface area contributed by atoms with Crippen LogP contribution in [0.2, 0.25) is 0 Å². The summed E-state index contributed by atoms with van der Waals surface area (Å²) >= 11 is 0. The zero-order chi connectivity index (χ0) is 10.8. The summed E-state index contributed by atoms with van der Waals surface area (Å²) in [7, 11) is 0. The first-order chi connectivity index (χ1) is 7.43. The van der Waals surface area contributed by atoms with Crippen molar-refractivity contribution in [2.45, 2.75) is 19.4 Å². The van der Waals surface area contributed by atoms with Crippen LogP contribution in [-0.2, 0) is 6.54 Å². The molecule has 0 atom stereocenters. The summed E-state index contributed by atoms with van der Waals surface area (Å²) < 4.78 is 0. The number of hydrogen-bond donors (Lipinski definition) is 2. The molecule has 0 aliphatic carbocycles. The van der Waals surface area contributed by atoms with Gasteiger partial charge in [0.1, 0.15) is 0 Å². The Balaban J connectivity index is 1.93. The van der Waals surface area contributed by atoms with Gasteiger partial charge in [-0.05, 0) is 38.0 Å². The van der Waals surface area contributed by atoms with Gasteiger partial charge in [0.05, 0.1) is 0 Å². The van der Waals surface area contributed by atoms with Crippen molar-refractivity contribution in [3.8, 4) is 0 Å². The Labute approximate surface area is 93.1 Å². The van der Waals surface area contributed by atoms with Crippen LogP contribution in [0.4, 0.5) is 0 Å². The van der Waals surface area contributed by atoms with Gasteiger partial charge in [-0.2, -0.15) is 0 Å². The molecule has 83 valence electrons. The molecule has 2 heteroatoms. The van der Waals surface area contributed by atoms with E-state index in [1.165, 1.54) is 12.0 Å². The largest absolute Gasteiger partial charge is 0.317 e. The molecular formula is C13H21N2. The van der Waals surface area contributed by atoms with E-state index in [-0.39, 0.29) is 0 Å². The first kappa shape index (κ1) is 12.2. The maximum atomic E-state index is 3.78. The van der Waals surface area contributed by atoms with Crippen LogP contribution in [0.1, 0.15) is 18.4 Å². The normalized spacial score (nSPS) is 10.5. The lowest BCUT2D eigenvalue weighted by Gasteiger charge is -2.05. The zero-order valence-corrected chi connectivity index (χ0v) is 9.34. The third kappa shape index (κ3) is 6.26. The van der Waals surface area contributed by atoms with Crippen molar-refractivity contribution in [3.05, 3.63) is 42.8 Å². The van der Waals surface area contributed by atoms with E-state index in [1.54, 1.807) is 0 Å². The quantitative estimate of drug-likeness (QED) is 0.634. The molecule has 0 fully saturated rings. The minimum Gasteiger partial charge on any atom is -0.317 e. The molecule has 0 aromatic heterocycles. The van der Waals surface area contributed by atoms with E-state index in [0.717, 1.165) is 32.6 Å². The third-order valence-corrected chi connectivity index (χ3v) is 2.23. The molecular weight excluding hydrogens is 184 g/mol. The summed E-state index contributed by atoms with van der Waals surface area (Å²) in [5.41, 5.74) is 1.35. The number of benzene rings is 1. The molecule has 0 aliphatic rings. The lowest BCUT2D eigenvalue weighted by Crippen LogP contribution is -2.22. The van der Waals surface area contributed by atoms with Gasteiger partial charge in [0.25, 0.3) is 0 Å². The minimum absolute atomic E-state index is 0.968. The van der Waals surface area contributed by atoms with Gasteiger partial charge in [-0.3, -0.25) is 0 Å². The highest BCUT2D eigenvalue weighted by Crippen LogP contribution is 1.96. The fourth-order valence-corrected chi connectivity index (χ4v) is 1.42. The summed E-state index contributed by atoms with van der Waals surface area (Å²) in [4.78, 5) is 0. The highest BCUT2D eigenvalue weighted by atomic mass is 14.9. The Kier molecular flexibility index (Phi) is 6.88. The molecule has 0 amide bonds. The first-order valence-electron chi connectivity index (χ1n) is 5.68. The minimum atomic E-state index is 0.968. The smallest absolute Gasteiger partial charge is 0.0205 e. The maximum Gasteiger partial charge on any atom is 0.0205 e. The van der Waals surface area contributed by atoms with Gasteiger partial charge in [-0.25, -0.2) is 0 Å². The maximum absolute atomic E-state index is 3.78. The van der Waals surface area contributed by atoms with Crippen LogP contribution >= 0.6 is 0 Å². The second-order valence-corrected chi connectivity index (χ2v) is 3.62. The SMILES string of the molecule is [CH2]CCNCCCNCc1ccccc1. The predicted octanol–water partition coefficient (Wildman–Crippen LogP) is 1.98. The molecule has 2 N–H and O–H groups in total. The van der Waals surface area contributed by atoms with E-state index in [0.29, 0.717) is 0 Å². The van der Waals surface area contributed by atoms with Crippen LogP contribution in [0.15, 0.2) is 30.3 Å². The molecule has 1 aromatic rings. The van der Waals surface area contributed by atoms with Crippen LogP contribution in [0, 0.1) is 6.92 Å². The van der Waals surface area contributed by atoms with Gasteiger partial charge >= 0.3 is 0 Å². The van der Waals surface area contributed by atoms with E-state index in [2.05, 4.69) is 41.8 Å². The van der Waals surface area contributed by atoms with Crippen molar-refractivity contribution in [3.63, 3.8) is 0 Å². The summed E-state index contributed by atoms with van der Waals surface area (Å²) in [6.45, 7) is 7.93. The van der Waals surface area contributed by atoms with E-state index >= 15 is 0 Å². The van der Waals surface area contributed by atoms with Crippen molar-refractivity contribution in [1.82, 2.24) is 10.6 Å².